The molecule has 1 fully saturated rings. The maximum atomic E-state index is 13.1. The molecule has 2 aliphatic heterocycles. The Morgan fingerprint density at radius 1 is 1.32 bits per heavy atom. The molecular formula is C14H20N4O4. The molecule has 0 spiro atoms. The second-order valence-corrected chi connectivity index (χ2v) is 6.27. The predicted octanol–water partition coefficient (Wildman–Crippen LogP) is -0.00310. The van der Waals surface area contributed by atoms with E-state index in [0.717, 1.165) is 4.74 Å². The second kappa shape index (κ2) is 4.74. The van der Waals surface area contributed by atoms with Crippen LogP contribution < -0.4 is 0 Å². The van der Waals surface area contributed by atoms with Crippen molar-refractivity contribution in [3.8, 4) is 0 Å². The summed E-state index contributed by atoms with van der Waals surface area (Å²) in [6, 6.07) is 0. The molecule has 0 bridgehead atoms. The third kappa shape index (κ3) is 1.65. The summed E-state index contributed by atoms with van der Waals surface area (Å²) in [4.78, 5) is 2.14. The monoisotopic (exact) mass is 308 g/mol. The lowest BCUT2D eigenvalue weighted by Crippen LogP contribution is -2.57. The summed E-state index contributed by atoms with van der Waals surface area (Å²) in [6.07, 6.45) is 2.00. The molecule has 8 nitrogen and oxygen atoms in total. The van der Waals surface area contributed by atoms with Crippen LogP contribution in [0.3, 0.4) is 0 Å². The number of aliphatic hydroxyl groups is 1. The van der Waals surface area contributed by atoms with Crippen molar-refractivity contribution in [3.05, 3.63) is 16.6 Å². The fourth-order valence-corrected chi connectivity index (χ4v) is 4.17. The molecule has 1 aromatic heterocycles. The zero-order valence-corrected chi connectivity index (χ0v) is 12.6. The number of nitrogens with zero attached hydrogens (tertiary/aromatic N) is 4. The number of fused-ring (bicyclic) bond motifs is 3. The summed E-state index contributed by atoms with van der Waals surface area (Å²) < 4.78 is 11.2. The van der Waals surface area contributed by atoms with Gasteiger partial charge in [0.05, 0.1) is 19.6 Å². The molecule has 0 radical (unpaired) electrons. The number of hydrogen-bond acceptors (Lipinski definition) is 7. The highest BCUT2D eigenvalue weighted by molar-refractivity contribution is 5.92. The predicted molar refractivity (Wildman–Crippen MR) is 75.2 cm³/mol. The van der Waals surface area contributed by atoms with Crippen LogP contribution in [-0.2, 0) is 16.8 Å². The van der Waals surface area contributed by atoms with E-state index in [4.69, 9.17) is 9.37 Å². The van der Waals surface area contributed by atoms with Crippen LogP contribution in [0.4, 0.5) is 0 Å². The molecule has 1 aliphatic carbocycles. The summed E-state index contributed by atoms with van der Waals surface area (Å²) in [5.74, 6) is 0. The van der Waals surface area contributed by atoms with Crippen molar-refractivity contribution in [1.29, 1.82) is 0 Å². The molecule has 1 aromatic rings. The average molecular weight is 308 g/mol. The first kappa shape index (κ1) is 14.1. The molecule has 0 unspecified atom stereocenters. The Bertz CT molecular complexity index is 624. The molecule has 2 atom stereocenters. The fraction of sp³-hybridized carbons (Fsp3) is 0.786. The summed E-state index contributed by atoms with van der Waals surface area (Å²) in [6.45, 7) is 4.60. The molecule has 8 heteroatoms. The minimum Gasteiger partial charge on any atom is -0.622 e. The quantitative estimate of drug-likeness (QED) is 0.606. The summed E-state index contributed by atoms with van der Waals surface area (Å²) in [5.41, 5.74) is -0.534. The van der Waals surface area contributed by atoms with E-state index >= 15 is 0 Å². The highest BCUT2D eigenvalue weighted by Gasteiger charge is 2.64. The molecule has 22 heavy (non-hydrogen) atoms. The van der Waals surface area contributed by atoms with Crippen molar-refractivity contribution in [3.63, 3.8) is 0 Å². The van der Waals surface area contributed by atoms with Gasteiger partial charge in [-0.15, -0.1) is 0 Å². The Labute approximate surface area is 127 Å². The van der Waals surface area contributed by atoms with Gasteiger partial charge in [-0.05, 0) is 0 Å². The Kier molecular flexibility index (Phi) is 3.04. The highest BCUT2D eigenvalue weighted by atomic mass is 16.6. The standard InChI is InChI=1S/C14H20N4O4/c1-2-13(17-5-7-21-8-6-17)9-14(19)11(18(13)20)4-3-10-12(14)16-22-15-10/h19H,2-9H2,1H3/t13-,14-/m0/s1. The van der Waals surface area contributed by atoms with Crippen LogP contribution in [0.25, 0.3) is 0 Å². The number of aryl methyl sites for hydroxylation is 1. The van der Waals surface area contributed by atoms with Gasteiger partial charge in [-0.3, -0.25) is 0 Å². The lowest BCUT2D eigenvalue weighted by Gasteiger charge is -2.40. The van der Waals surface area contributed by atoms with Crippen LogP contribution in [0.5, 0.6) is 0 Å². The van der Waals surface area contributed by atoms with E-state index in [1.807, 2.05) is 6.92 Å². The summed E-state index contributed by atoms with van der Waals surface area (Å²) in [7, 11) is 0. The molecule has 4 rings (SSSR count). The number of aromatic nitrogens is 2. The van der Waals surface area contributed by atoms with Crippen molar-refractivity contribution in [2.75, 3.05) is 26.3 Å². The van der Waals surface area contributed by atoms with Gasteiger partial charge in [0, 0.05) is 32.4 Å². The third-order valence-corrected chi connectivity index (χ3v) is 5.35. The second-order valence-electron chi connectivity index (χ2n) is 6.27. The molecule has 0 saturated carbocycles. The van der Waals surface area contributed by atoms with E-state index in [0.29, 0.717) is 69.1 Å². The zero-order valence-electron chi connectivity index (χ0n) is 12.6. The van der Waals surface area contributed by atoms with Gasteiger partial charge in [-0.1, -0.05) is 17.2 Å². The number of hydrogen-bond donors (Lipinski definition) is 1. The topological polar surface area (TPSA) is 97.7 Å². The van der Waals surface area contributed by atoms with E-state index in [9.17, 15) is 10.3 Å². The van der Waals surface area contributed by atoms with Crippen LogP contribution in [0.1, 0.15) is 37.6 Å². The molecule has 1 saturated heterocycles. The smallest absolute Gasteiger partial charge is 0.232 e. The van der Waals surface area contributed by atoms with E-state index in [2.05, 4.69) is 15.2 Å². The van der Waals surface area contributed by atoms with Crippen molar-refractivity contribution in [2.24, 2.45) is 0 Å². The van der Waals surface area contributed by atoms with Gasteiger partial charge in [0.15, 0.2) is 5.69 Å². The van der Waals surface area contributed by atoms with Gasteiger partial charge in [-0.2, -0.15) is 4.74 Å². The summed E-state index contributed by atoms with van der Waals surface area (Å²) >= 11 is 0. The molecule has 0 aromatic carbocycles. The van der Waals surface area contributed by atoms with E-state index in [1.165, 1.54) is 0 Å². The molecule has 120 valence electrons. The van der Waals surface area contributed by atoms with Gasteiger partial charge in [-0.25, -0.2) is 9.53 Å². The first-order chi connectivity index (χ1) is 10.6. The van der Waals surface area contributed by atoms with Crippen molar-refractivity contribution >= 4 is 5.71 Å². The fourth-order valence-electron chi connectivity index (χ4n) is 4.17. The Hall–Kier alpha value is -1.51. The SMILES string of the molecule is CC[C@@]1(N2CCOCC2)C[C@]2(O)C(=[N+]1[O-])CCc1nonc12. The molecule has 0 amide bonds. The largest absolute Gasteiger partial charge is 0.622 e. The van der Waals surface area contributed by atoms with Crippen molar-refractivity contribution in [1.82, 2.24) is 15.2 Å². The Balaban J connectivity index is 1.80. The van der Waals surface area contributed by atoms with Gasteiger partial charge < -0.3 is 15.1 Å². The van der Waals surface area contributed by atoms with E-state index in [-0.39, 0.29) is 0 Å². The molecule has 3 heterocycles. The molecular weight excluding hydrogens is 288 g/mol. The lowest BCUT2D eigenvalue weighted by atomic mass is 9.80. The van der Waals surface area contributed by atoms with Gasteiger partial charge >= 0.3 is 0 Å². The lowest BCUT2D eigenvalue weighted by molar-refractivity contribution is -0.578. The van der Waals surface area contributed by atoms with Crippen LogP contribution in [0.2, 0.25) is 0 Å². The number of rotatable bonds is 2. The Morgan fingerprint density at radius 2 is 2.09 bits per heavy atom. The molecule has 3 aliphatic rings. The minimum absolute atomic E-state index is 0.302. The number of hydroxylamine groups is 1. The average Bonchev–Trinajstić information content (AvgIpc) is 3.11. The first-order valence-electron chi connectivity index (χ1n) is 7.82. The van der Waals surface area contributed by atoms with Crippen molar-refractivity contribution < 1.29 is 19.2 Å². The maximum absolute atomic E-state index is 13.1. The van der Waals surface area contributed by atoms with Crippen LogP contribution in [0.15, 0.2) is 4.63 Å². The number of ether oxygens (including phenoxy) is 1. The van der Waals surface area contributed by atoms with Gasteiger partial charge in [0.1, 0.15) is 5.69 Å². The Morgan fingerprint density at radius 3 is 2.82 bits per heavy atom. The number of morpholine rings is 1. The van der Waals surface area contributed by atoms with Gasteiger partial charge in [0.2, 0.25) is 17.0 Å². The van der Waals surface area contributed by atoms with Crippen molar-refractivity contribution in [2.45, 2.75) is 43.9 Å². The third-order valence-electron chi connectivity index (χ3n) is 5.35. The zero-order chi connectivity index (χ0) is 15.4. The normalized spacial score (nSPS) is 35.5. The van der Waals surface area contributed by atoms with Crippen LogP contribution in [0, 0.1) is 5.21 Å². The first-order valence-corrected chi connectivity index (χ1v) is 7.82. The van der Waals surface area contributed by atoms with Gasteiger partial charge in [0.25, 0.3) is 0 Å². The molecule has 1 N–H and O–H groups in total. The van der Waals surface area contributed by atoms with Crippen LogP contribution >= 0.6 is 0 Å². The van der Waals surface area contributed by atoms with E-state index in [1.54, 1.807) is 0 Å². The summed E-state index contributed by atoms with van der Waals surface area (Å²) in [5, 5.41) is 32.1. The van der Waals surface area contributed by atoms with Crippen LogP contribution in [-0.4, -0.2) is 62.7 Å². The van der Waals surface area contributed by atoms with E-state index < -0.39 is 11.3 Å². The minimum atomic E-state index is -1.36. The maximum Gasteiger partial charge on any atom is 0.232 e. The highest BCUT2D eigenvalue weighted by Crippen LogP contribution is 2.46.